The van der Waals surface area contributed by atoms with Crippen LogP contribution in [0.25, 0.3) is 0 Å². The van der Waals surface area contributed by atoms with Crippen LogP contribution in [0.3, 0.4) is 0 Å². The molecule has 0 N–H and O–H groups in total. The van der Waals surface area contributed by atoms with Gasteiger partial charge in [0, 0.05) is 0 Å². The van der Waals surface area contributed by atoms with Gasteiger partial charge >= 0.3 is 0 Å². The van der Waals surface area contributed by atoms with Crippen molar-refractivity contribution in [3.05, 3.63) is 59.7 Å². The Hall–Kier alpha value is -1.30. The largest absolute Gasteiger partial charge is 0.0848 e. The highest BCUT2D eigenvalue weighted by molar-refractivity contribution is 5.22. The molecule has 2 atom stereocenters. The molecule has 0 radical (unpaired) electrons. The maximum Gasteiger partial charge on any atom is -0.00531 e. The summed E-state index contributed by atoms with van der Waals surface area (Å²) in [5, 5.41) is 0. The fourth-order valence-corrected chi connectivity index (χ4v) is 7.29. The molecular weight excluding hydrogens is 420 g/mol. The summed E-state index contributed by atoms with van der Waals surface area (Å²) < 4.78 is 0. The predicted molar refractivity (Wildman–Crippen MR) is 154 cm³/mol. The average Bonchev–Trinajstić information content (AvgIpc) is 2.92. The smallest absolute Gasteiger partial charge is 0.00531 e. The number of aryl methyl sites for hydroxylation is 2. The topological polar surface area (TPSA) is 0 Å². The van der Waals surface area contributed by atoms with Crippen LogP contribution in [0.5, 0.6) is 0 Å². The lowest BCUT2D eigenvalue weighted by Crippen LogP contribution is -2.23. The van der Waals surface area contributed by atoms with Crippen molar-refractivity contribution in [2.75, 3.05) is 0 Å². The highest BCUT2D eigenvalue weighted by Gasteiger charge is 2.28. The molecule has 0 amide bonds. The summed E-state index contributed by atoms with van der Waals surface area (Å²) in [4.78, 5) is 0. The van der Waals surface area contributed by atoms with Crippen LogP contribution in [0.2, 0.25) is 0 Å². The van der Waals surface area contributed by atoms with Crippen molar-refractivity contribution in [2.45, 2.75) is 123 Å². The van der Waals surface area contributed by atoms with Crippen molar-refractivity contribution in [1.29, 1.82) is 0 Å². The Morgan fingerprint density at radius 3 is 2.00 bits per heavy atom. The maximum absolute atomic E-state index is 2.63. The highest BCUT2D eigenvalue weighted by atomic mass is 14.3. The molecule has 1 aromatic rings. The standard InChI is InChI=1S/C35H54/c1-3-5-6-7-29-12-14-31(15-13-29)17-19-33-22-26-35(27-23-33)34-24-20-32(21-25-34)18-16-30-10-8-28(4-2)9-11-30/h8-11,17,19,22,26,29,31-35H,3-7,12-16,18,20-21,23-25,27H2,1-2H3/b19-17+. The zero-order valence-corrected chi connectivity index (χ0v) is 23.1. The number of hydrogen-bond acceptors (Lipinski definition) is 0. The minimum atomic E-state index is 0.712. The lowest BCUT2D eigenvalue weighted by Gasteiger charge is -2.35. The summed E-state index contributed by atoms with van der Waals surface area (Å²) >= 11 is 0. The van der Waals surface area contributed by atoms with Crippen LogP contribution >= 0.6 is 0 Å². The first kappa shape index (κ1) is 26.8. The van der Waals surface area contributed by atoms with Crippen molar-refractivity contribution < 1.29 is 0 Å². The van der Waals surface area contributed by atoms with Gasteiger partial charge in [-0.05, 0) is 117 Å². The first-order valence-electron chi connectivity index (χ1n) is 15.7. The molecule has 0 aromatic heterocycles. The van der Waals surface area contributed by atoms with Gasteiger partial charge in [0.1, 0.15) is 0 Å². The first-order valence-corrected chi connectivity index (χ1v) is 15.7. The van der Waals surface area contributed by atoms with Crippen molar-refractivity contribution >= 4 is 0 Å². The fraction of sp³-hybridized carbons (Fsp3) is 0.714. The van der Waals surface area contributed by atoms with Gasteiger partial charge in [0.05, 0.1) is 0 Å². The van der Waals surface area contributed by atoms with Gasteiger partial charge < -0.3 is 0 Å². The SMILES string of the molecule is CCCCCC1CCC(/C=C/C2C=CC(C3CCC(CCc4ccc(CC)cc4)CC3)CC2)CC1. The zero-order chi connectivity index (χ0) is 24.3. The van der Waals surface area contributed by atoms with E-state index in [9.17, 15) is 0 Å². The number of unbranched alkanes of at least 4 members (excludes halogenated alkanes) is 2. The molecule has 1 aromatic carbocycles. The monoisotopic (exact) mass is 474 g/mol. The Morgan fingerprint density at radius 1 is 0.657 bits per heavy atom. The maximum atomic E-state index is 2.63. The Morgan fingerprint density at radius 2 is 1.34 bits per heavy atom. The van der Waals surface area contributed by atoms with E-state index in [0.717, 1.165) is 36.0 Å². The second-order valence-corrected chi connectivity index (χ2v) is 12.4. The third-order valence-corrected chi connectivity index (χ3v) is 9.95. The zero-order valence-electron chi connectivity index (χ0n) is 23.1. The predicted octanol–water partition coefficient (Wildman–Crippen LogP) is 10.5. The van der Waals surface area contributed by atoms with E-state index in [-0.39, 0.29) is 0 Å². The molecule has 2 fully saturated rings. The molecule has 0 spiro atoms. The Bertz CT molecular complexity index is 752. The fourth-order valence-electron chi connectivity index (χ4n) is 7.29. The molecule has 0 saturated heterocycles. The summed E-state index contributed by atoms with van der Waals surface area (Å²) in [5.41, 5.74) is 3.01. The number of hydrogen-bond donors (Lipinski definition) is 0. The van der Waals surface area contributed by atoms with Crippen LogP contribution in [0, 0.1) is 35.5 Å². The second-order valence-electron chi connectivity index (χ2n) is 12.4. The summed E-state index contributed by atoms with van der Waals surface area (Å²) in [7, 11) is 0. The molecule has 4 rings (SSSR count). The van der Waals surface area contributed by atoms with E-state index >= 15 is 0 Å². The van der Waals surface area contributed by atoms with E-state index in [1.165, 1.54) is 108 Å². The summed E-state index contributed by atoms with van der Waals surface area (Å²) in [6.07, 6.45) is 34.5. The first-order chi connectivity index (χ1) is 17.2. The van der Waals surface area contributed by atoms with Crippen molar-refractivity contribution in [1.82, 2.24) is 0 Å². The Labute approximate surface area is 218 Å². The number of rotatable bonds is 11. The Kier molecular flexibility index (Phi) is 11.0. The molecule has 2 unspecified atom stereocenters. The molecule has 194 valence electrons. The van der Waals surface area contributed by atoms with Crippen LogP contribution in [-0.2, 0) is 12.8 Å². The van der Waals surface area contributed by atoms with E-state index < -0.39 is 0 Å². The van der Waals surface area contributed by atoms with E-state index in [0.29, 0.717) is 5.92 Å². The third kappa shape index (κ3) is 8.65. The molecular formula is C35H54. The molecule has 3 aliphatic carbocycles. The van der Waals surface area contributed by atoms with Gasteiger partial charge in [-0.3, -0.25) is 0 Å². The van der Waals surface area contributed by atoms with E-state index in [2.05, 4.69) is 62.4 Å². The average molecular weight is 475 g/mol. The van der Waals surface area contributed by atoms with Crippen LogP contribution in [-0.4, -0.2) is 0 Å². The minimum absolute atomic E-state index is 0.712. The van der Waals surface area contributed by atoms with Crippen LogP contribution in [0.4, 0.5) is 0 Å². The van der Waals surface area contributed by atoms with Gasteiger partial charge in [-0.2, -0.15) is 0 Å². The van der Waals surface area contributed by atoms with E-state index in [1.807, 2.05) is 0 Å². The third-order valence-electron chi connectivity index (χ3n) is 9.95. The van der Waals surface area contributed by atoms with E-state index in [4.69, 9.17) is 0 Å². The second kappa shape index (κ2) is 14.4. The summed E-state index contributed by atoms with van der Waals surface area (Å²) in [6.45, 7) is 4.57. The van der Waals surface area contributed by atoms with Gasteiger partial charge in [-0.25, -0.2) is 0 Å². The molecule has 35 heavy (non-hydrogen) atoms. The van der Waals surface area contributed by atoms with Gasteiger partial charge in [-0.1, -0.05) is 101 Å². The summed E-state index contributed by atoms with van der Waals surface area (Å²) in [5.74, 6) is 5.39. The normalized spacial score (nSPS) is 31.7. The van der Waals surface area contributed by atoms with Crippen molar-refractivity contribution in [3.63, 3.8) is 0 Å². The lowest BCUT2D eigenvalue weighted by atomic mass is 9.71. The van der Waals surface area contributed by atoms with Crippen LogP contribution in [0.15, 0.2) is 48.6 Å². The molecule has 0 heteroatoms. The Balaban J connectivity index is 1.12. The minimum Gasteiger partial charge on any atom is -0.0848 e. The molecule has 2 saturated carbocycles. The molecule has 0 aliphatic heterocycles. The molecule has 0 heterocycles. The van der Waals surface area contributed by atoms with Gasteiger partial charge in [0.2, 0.25) is 0 Å². The van der Waals surface area contributed by atoms with Crippen molar-refractivity contribution in [3.8, 4) is 0 Å². The van der Waals surface area contributed by atoms with Crippen LogP contribution < -0.4 is 0 Å². The lowest BCUT2D eigenvalue weighted by molar-refractivity contribution is 0.208. The van der Waals surface area contributed by atoms with Crippen LogP contribution in [0.1, 0.15) is 121 Å². The van der Waals surface area contributed by atoms with Gasteiger partial charge in [0.25, 0.3) is 0 Å². The van der Waals surface area contributed by atoms with Gasteiger partial charge in [0.15, 0.2) is 0 Å². The summed E-state index contributed by atoms with van der Waals surface area (Å²) in [6, 6.07) is 9.37. The van der Waals surface area contributed by atoms with Crippen molar-refractivity contribution in [2.24, 2.45) is 35.5 Å². The molecule has 3 aliphatic rings. The molecule has 0 nitrogen and oxygen atoms in total. The van der Waals surface area contributed by atoms with Gasteiger partial charge in [-0.15, -0.1) is 0 Å². The number of benzene rings is 1. The molecule has 0 bridgehead atoms. The highest BCUT2D eigenvalue weighted by Crippen LogP contribution is 2.40. The quantitative estimate of drug-likeness (QED) is 0.221. The number of allylic oxidation sites excluding steroid dienone is 4. The van der Waals surface area contributed by atoms with E-state index in [1.54, 1.807) is 5.56 Å².